The van der Waals surface area contributed by atoms with Gasteiger partial charge < -0.3 is 18.8 Å². The van der Waals surface area contributed by atoms with Gasteiger partial charge in [0.2, 0.25) is 0 Å². The highest BCUT2D eigenvalue weighted by Crippen LogP contribution is 2.39. The van der Waals surface area contributed by atoms with Gasteiger partial charge >= 0.3 is 13.5 Å². The third kappa shape index (κ3) is 3.73. The van der Waals surface area contributed by atoms with Crippen molar-refractivity contribution in [2.45, 2.75) is 70.7 Å². The Bertz CT molecular complexity index is 891. The summed E-state index contributed by atoms with van der Waals surface area (Å²) in [7, 11) is -1.02. The number of alkyl halides is 3. The van der Waals surface area contributed by atoms with Crippen molar-refractivity contribution in [3.63, 3.8) is 0 Å². The standard InChI is InChI=1S/C19H24BF3N2O4/c1-17(2)18(3,4)29-20(28-17)16-12-11-24-25(15-7-5-6-10-26-15)13(12)8-9-14(16)27-19(21,22)23/h8-9,11,15H,5-7,10H2,1-4H3. The Labute approximate surface area is 167 Å². The Morgan fingerprint density at radius 2 is 1.83 bits per heavy atom. The molecule has 2 aliphatic heterocycles. The molecular formula is C19H24BF3N2O4. The maximum atomic E-state index is 13.1. The van der Waals surface area contributed by atoms with Crippen LogP contribution >= 0.6 is 0 Å². The second-order valence-electron chi connectivity index (χ2n) is 8.46. The van der Waals surface area contributed by atoms with E-state index in [4.69, 9.17) is 14.0 Å². The van der Waals surface area contributed by atoms with Crippen molar-refractivity contribution in [2.24, 2.45) is 0 Å². The first-order valence-corrected chi connectivity index (χ1v) is 9.72. The predicted molar refractivity (Wildman–Crippen MR) is 101 cm³/mol. The first kappa shape index (κ1) is 20.5. The van der Waals surface area contributed by atoms with Gasteiger partial charge in [0.25, 0.3) is 0 Å². The first-order chi connectivity index (χ1) is 13.5. The Balaban J connectivity index is 1.82. The third-order valence-electron chi connectivity index (χ3n) is 5.93. The Kier molecular flexibility index (Phi) is 4.87. The second kappa shape index (κ2) is 6.89. The quantitative estimate of drug-likeness (QED) is 0.716. The van der Waals surface area contributed by atoms with Gasteiger partial charge in [-0.15, -0.1) is 13.2 Å². The van der Waals surface area contributed by atoms with E-state index in [0.717, 1.165) is 19.3 Å². The van der Waals surface area contributed by atoms with Gasteiger partial charge in [0.15, 0.2) is 6.23 Å². The molecule has 2 fully saturated rings. The molecule has 2 aliphatic rings. The molecule has 29 heavy (non-hydrogen) atoms. The van der Waals surface area contributed by atoms with Gasteiger partial charge in [-0.2, -0.15) is 5.10 Å². The lowest BCUT2D eigenvalue weighted by Gasteiger charge is -2.32. The summed E-state index contributed by atoms with van der Waals surface area (Å²) >= 11 is 0. The fraction of sp³-hybridized carbons (Fsp3) is 0.632. The fourth-order valence-electron chi connectivity index (χ4n) is 3.69. The Hall–Kier alpha value is -1.78. The zero-order valence-electron chi connectivity index (χ0n) is 16.9. The highest BCUT2D eigenvalue weighted by Gasteiger charge is 2.53. The molecule has 0 radical (unpaired) electrons. The molecular weight excluding hydrogens is 388 g/mol. The summed E-state index contributed by atoms with van der Waals surface area (Å²) in [6.45, 7) is 8.01. The molecule has 1 atom stereocenters. The summed E-state index contributed by atoms with van der Waals surface area (Å²) in [6.07, 6.45) is -0.777. The molecule has 0 spiro atoms. The van der Waals surface area contributed by atoms with Crippen LogP contribution in [0.3, 0.4) is 0 Å². The number of hydrogen-bond acceptors (Lipinski definition) is 5. The molecule has 1 unspecified atom stereocenters. The van der Waals surface area contributed by atoms with Crippen molar-refractivity contribution in [2.75, 3.05) is 6.61 Å². The number of halogens is 3. The number of rotatable bonds is 3. The molecule has 2 aromatic rings. The minimum Gasteiger partial charge on any atom is -0.406 e. The minimum atomic E-state index is -4.84. The molecule has 3 heterocycles. The average molecular weight is 412 g/mol. The van der Waals surface area contributed by atoms with E-state index in [-0.39, 0.29) is 17.4 Å². The van der Waals surface area contributed by atoms with E-state index in [2.05, 4.69) is 9.84 Å². The summed E-state index contributed by atoms with van der Waals surface area (Å²) in [4.78, 5) is 0. The van der Waals surface area contributed by atoms with Crippen molar-refractivity contribution < 1.29 is 32.0 Å². The summed E-state index contributed by atoms with van der Waals surface area (Å²) in [5.74, 6) is -0.354. The molecule has 158 valence electrons. The molecule has 0 saturated carbocycles. The van der Waals surface area contributed by atoms with Crippen LogP contribution in [0, 0.1) is 0 Å². The number of ether oxygens (including phenoxy) is 2. The van der Waals surface area contributed by atoms with Crippen LogP contribution in [0.4, 0.5) is 13.2 Å². The summed E-state index contributed by atoms with van der Waals surface area (Å²) in [5.41, 5.74) is -0.591. The molecule has 4 rings (SSSR count). The van der Waals surface area contributed by atoms with Crippen molar-refractivity contribution in [3.05, 3.63) is 18.3 Å². The normalized spacial score (nSPS) is 24.2. The van der Waals surface area contributed by atoms with E-state index >= 15 is 0 Å². The molecule has 1 aromatic carbocycles. The molecule has 0 N–H and O–H groups in total. The van der Waals surface area contributed by atoms with Crippen molar-refractivity contribution in [1.29, 1.82) is 0 Å². The number of aromatic nitrogens is 2. The van der Waals surface area contributed by atoms with Crippen LogP contribution in [0.15, 0.2) is 18.3 Å². The highest BCUT2D eigenvalue weighted by molar-refractivity contribution is 6.66. The fourth-order valence-corrected chi connectivity index (χ4v) is 3.69. The van der Waals surface area contributed by atoms with E-state index in [1.807, 2.05) is 27.7 Å². The first-order valence-electron chi connectivity index (χ1n) is 9.72. The Morgan fingerprint density at radius 1 is 1.14 bits per heavy atom. The second-order valence-corrected chi connectivity index (χ2v) is 8.46. The highest BCUT2D eigenvalue weighted by atomic mass is 19.4. The van der Waals surface area contributed by atoms with Gasteiger partial charge in [-0.1, -0.05) is 0 Å². The lowest BCUT2D eigenvalue weighted by atomic mass is 9.76. The van der Waals surface area contributed by atoms with Crippen LogP contribution in [0.1, 0.15) is 53.2 Å². The summed E-state index contributed by atoms with van der Waals surface area (Å²) in [5, 5.41) is 4.89. The molecule has 0 amide bonds. The van der Waals surface area contributed by atoms with E-state index in [0.29, 0.717) is 17.5 Å². The summed E-state index contributed by atoms with van der Waals surface area (Å²) < 4.78 is 63.1. The van der Waals surface area contributed by atoms with E-state index < -0.39 is 24.7 Å². The van der Waals surface area contributed by atoms with Crippen molar-refractivity contribution in [1.82, 2.24) is 9.78 Å². The van der Waals surface area contributed by atoms with E-state index in [9.17, 15) is 13.2 Å². The zero-order chi connectivity index (χ0) is 21.0. The maximum absolute atomic E-state index is 13.1. The lowest BCUT2D eigenvalue weighted by Crippen LogP contribution is -2.41. The minimum absolute atomic E-state index is 0.181. The number of fused-ring (bicyclic) bond motifs is 1. The van der Waals surface area contributed by atoms with E-state index in [1.54, 1.807) is 10.7 Å². The largest absolute Gasteiger partial charge is 0.573 e. The monoisotopic (exact) mass is 412 g/mol. The van der Waals surface area contributed by atoms with Crippen molar-refractivity contribution in [3.8, 4) is 5.75 Å². The lowest BCUT2D eigenvalue weighted by molar-refractivity contribution is -0.274. The Morgan fingerprint density at radius 3 is 2.41 bits per heavy atom. The topological polar surface area (TPSA) is 54.7 Å². The smallest absolute Gasteiger partial charge is 0.406 e. The maximum Gasteiger partial charge on any atom is 0.573 e. The van der Waals surface area contributed by atoms with Gasteiger partial charge in [0.05, 0.1) is 22.9 Å². The molecule has 6 nitrogen and oxygen atoms in total. The van der Waals surface area contributed by atoms with Gasteiger partial charge in [-0.25, -0.2) is 4.68 Å². The van der Waals surface area contributed by atoms with Crippen LogP contribution in [-0.4, -0.2) is 41.1 Å². The average Bonchev–Trinajstić information content (AvgIpc) is 3.12. The van der Waals surface area contributed by atoms with E-state index in [1.165, 1.54) is 12.3 Å². The third-order valence-corrected chi connectivity index (χ3v) is 5.93. The van der Waals surface area contributed by atoms with Crippen LogP contribution in [0.5, 0.6) is 5.75 Å². The van der Waals surface area contributed by atoms with Gasteiger partial charge in [0.1, 0.15) is 5.75 Å². The molecule has 0 bridgehead atoms. The summed E-state index contributed by atoms with van der Waals surface area (Å²) in [6, 6.07) is 2.85. The molecule has 10 heteroatoms. The molecule has 2 saturated heterocycles. The molecule has 1 aromatic heterocycles. The zero-order valence-corrected chi connectivity index (χ0v) is 16.9. The van der Waals surface area contributed by atoms with Crippen molar-refractivity contribution >= 4 is 23.5 Å². The van der Waals surface area contributed by atoms with Crippen LogP contribution in [0.25, 0.3) is 10.9 Å². The van der Waals surface area contributed by atoms with Crippen LogP contribution in [-0.2, 0) is 14.0 Å². The van der Waals surface area contributed by atoms with Crippen LogP contribution in [0.2, 0.25) is 0 Å². The van der Waals surface area contributed by atoms with Crippen LogP contribution < -0.4 is 10.2 Å². The predicted octanol–water partition coefficient (Wildman–Crippen LogP) is 3.93. The molecule has 0 aliphatic carbocycles. The van der Waals surface area contributed by atoms with Gasteiger partial charge in [-0.3, -0.25) is 0 Å². The SMILES string of the molecule is CC1(C)OB(c2c(OC(F)(F)F)ccc3c2cnn3C2CCCCO2)OC1(C)C. The van der Waals surface area contributed by atoms with Gasteiger partial charge in [-0.05, 0) is 59.1 Å². The van der Waals surface area contributed by atoms with Gasteiger partial charge in [0, 0.05) is 17.5 Å². The number of nitrogens with zero attached hydrogens (tertiary/aromatic N) is 2. The number of hydrogen-bond donors (Lipinski definition) is 0. The number of benzene rings is 1.